The Morgan fingerprint density at radius 3 is 1.69 bits per heavy atom. The first-order valence-corrected chi connectivity index (χ1v) is 9.07. The normalized spacial score (nSPS) is 21.0. The van der Waals surface area contributed by atoms with Gasteiger partial charge >= 0.3 is 30.1 Å². The molecule has 1 aliphatic carbocycles. The van der Waals surface area contributed by atoms with Gasteiger partial charge in [-0.25, -0.2) is 4.39 Å². The highest BCUT2D eigenvalue weighted by atomic mass is 127. The molecule has 1 atom stereocenters. The van der Waals surface area contributed by atoms with Crippen molar-refractivity contribution >= 4 is 22.6 Å². The third-order valence-electron chi connectivity index (χ3n) is 4.61. The first-order chi connectivity index (χ1) is 14.3. The molecule has 2 rings (SSSR count). The van der Waals surface area contributed by atoms with E-state index in [-0.39, 0.29) is 12.5 Å². The fourth-order valence-electron chi connectivity index (χ4n) is 3.19. The molecule has 175 valence electrons. The molecule has 0 N–H and O–H groups in total. The quantitative estimate of drug-likeness (QED) is 0.267. The van der Waals surface area contributed by atoms with E-state index in [1.165, 1.54) is 6.07 Å². The minimum absolute atomic E-state index is 0.0194. The Hall–Kier alpha value is -1.92. The monoisotopic (exact) mass is 592 g/mol. The van der Waals surface area contributed by atoms with Crippen LogP contribution in [-0.2, 0) is 5.41 Å². The summed E-state index contributed by atoms with van der Waals surface area (Å²) in [6.07, 6.45) is -21.0. The van der Waals surface area contributed by atoms with Gasteiger partial charge in [0.05, 0.1) is 17.0 Å². The summed E-state index contributed by atoms with van der Waals surface area (Å²) >= 11 is 0.892. The molecule has 0 amide bonds. The Bertz CT molecular complexity index is 979. The summed E-state index contributed by atoms with van der Waals surface area (Å²) in [5.74, 6) is -5.94. The van der Waals surface area contributed by atoms with Crippen LogP contribution in [0.25, 0.3) is 0 Å². The summed E-state index contributed by atoms with van der Waals surface area (Å²) in [6, 6.07) is 4.03. The highest BCUT2D eigenvalue weighted by Gasteiger charge is 2.81. The molecule has 0 spiro atoms. The lowest BCUT2D eigenvalue weighted by Crippen LogP contribution is -2.65. The van der Waals surface area contributed by atoms with Crippen LogP contribution < -0.4 is 0 Å². The van der Waals surface area contributed by atoms with Crippen LogP contribution in [0.15, 0.2) is 45.6 Å². The maximum Gasteiger partial charge on any atom is 0.457 e. The Labute approximate surface area is 185 Å². The molecule has 1 nitrogen and oxygen atoms in total. The minimum atomic E-state index is -6.85. The van der Waals surface area contributed by atoms with Crippen LogP contribution in [0.4, 0.5) is 52.7 Å². The maximum absolute atomic E-state index is 15.4. The third kappa shape index (κ3) is 3.86. The van der Waals surface area contributed by atoms with E-state index in [1.807, 2.05) is 0 Å². The molecule has 0 aromatic heterocycles. The molecular weight excluding hydrogens is 585 g/mol. The zero-order chi connectivity index (χ0) is 25.0. The summed E-state index contributed by atoms with van der Waals surface area (Å²) in [6.45, 7) is 0. The van der Waals surface area contributed by atoms with Crippen molar-refractivity contribution in [3.8, 4) is 6.07 Å². The highest BCUT2D eigenvalue weighted by Crippen LogP contribution is 2.61. The zero-order valence-electron chi connectivity index (χ0n) is 14.9. The van der Waals surface area contributed by atoms with E-state index < -0.39 is 61.9 Å². The van der Waals surface area contributed by atoms with Crippen molar-refractivity contribution in [3.05, 3.63) is 63.1 Å². The van der Waals surface area contributed by atoms with E-state index in [4.69, 9.17) is 5.26 Å². The lowest BCUT2D eigenvalue weighted by molar-refractivity contribution is -0.354. The smallest absolute Gasteiger partial charge is 0.222 e. The van der Waals surface area contributed by atoms with Crippen LogP contribution in [0.1, 0.15) is 11.1 Å². The van der Waals surface area contributed by atoms with Crippen molar-refractivity contribution in [2.75, 3.05) is 0 Å². The Kier molecular flexibility index (Phi) is 6.45. The molecule has 1 aliphatic rings. The van der Waals surface area contributed by atoms with Gasteiger partial charge in [-0.1, -0.05) is 30.4 Å². The van der Waals surface area contributed by atoms with Crippen molar-refractivity contribution in [1.29, 1.82) is 5.26 Å². The lowest BCUT2D eigenvalue weighted by Gasteiger charge is -2.46. The summed E-state index contributed by atoms with van der Waals surface area (Å²) in [5, 5.41) is 9.14. The van der Waals surface area contributed by atoms with Crippen LogP contribution in [0.5, 0.6) is 0 Å². The van der Waals surface area contributed by atoms with Gasteiger partial charge in [0.25, 0.3) is 0 Å². The van der Waals surface area contributed by atoms with Crippen LogP contribution in [0.2, 0.25) is 0 Å². The number of hydrogen-bond donors (Lipinski definition) is 0. The van der Waals surface area contributed by atoms with Crippen molar-refractivity contribution in [1.82, 2.24) is 0 Å². The van der Waals surface area contributed by atoms with E-state index in [0.717, 1.165) is 34.7 Å². The Morgan fingerprint density at radius 1 is 0.750 bits per heavy atom. The van der Waals surface area contributed by atoms with Gasteiger partial charge in [-0.05, 0) is 37.8 Å². The Balaban J connectivity index is 3.15. The molecule has 0 saturated carbocycles. The van der Waals surface area contributed by atoms with E-state index in [1.54, 1.807) is 0 Å². The maximum atomic E-state index is 15.4. The minimum Gasteiger partial charge on any atom is -0.222 e. The van der Waals surface area contributed by atoms with E-state index in [9.17, 15) is 48.3 Å². The molecule has 0 fully saturated rings. The van der Waals surface area contributed by atoms with Gasteiger partial charge in [-0.15, -0.1) is 0 Å². The average Bonchev–Trinajstić information content (AvgIpc) is 2.63. The van der Waals surface area contributed by atoms with Gasteiger partial charge in [-0.3, -0.25) is 0 Å². The fourth-order valence-corrected chi connectivity index (χ4v) is 4.02. The second-order valence-corrected chi connectivity index (χ2v) is 7.77. The summed E-state index contributed by atoms with van der Waals surface area (Å²) < 4.78 is 163. The van der Waals surface area contributed by atoms with Gasteiger partial charge in [0, 0.05) is 12.0 Å². The molecule has 0 aliphatic heterocycles. The molecule has 32 heavy (non-hydrogen) atoms. The van der Waals surface area contributed by atoms with Crippen molar-refractivity contribution in [3.63, 3.8) is 0 Å². The molecule has 0 bridgehead atoms. The van der Waals surface area contributed by atoms with Crippen LogP contribution in [-0.4, -0.2) is 30.1 Å². The molecule has 0 heterocycles. The summed E-state index contributed by atoms with van der Waals surface area (Å²) in [4.78, 5) is 0. The fraction of sp³-hybridized carbons (Fsp3) is 0.333. The summed E-state index contributed by atoms with van der Waals surface area (Å²) in [5.41, 5.74) is -15.5. The van der Waals surface area contributed by atoms with Gasteiger partial charge in [0.1, 0.15) is 0 Å². The van der Waals surface area contributed by atoms with Crippen molar-refractivity contribution in [2.24, 2.45) is 0 Å². The van der Waals surface area contributed by atoms with Gasteiger partial charge in [-0.2, -0.15) is 53.6 Å². The second kappa shape index (κ2) is 7.84. The zero-order valence-corrected chi connectivity index (χ0v) is 17.1. The lowest BCUT2D eigenvalue weighted by atomic mass is 9.63. The van der Waals surface area contributed by atoms with Crippen molar-refractivity contribution in [2.45, 2.75) is 35.5 Å². The van der Waals surface area contributed by atoms with Crippen LogP contribution in [0.3, 0.4) is 0 Å². The predicted octanol–water partition coefficient (Wildman–Crippen LogP) is 7.29. The standard InChI is InChI=1S/C18H7F12IN/c19-14(20,16(22,23)24)10-5-11(31)7-13(6-10,12-4-2-1-3-9(12)8-32)15(21,17(25,26)27)18(28,29)30/h1-7H. The molecule has 14 heteroatoms. The van der Waals surface area contributed by atoms with Gasteiger partial charge in [0.15, 0.2) is 0 Å². The first-order valence-electron chi connectivity index (χ1n) is 7.99. The molecule has 1 aromatic carbocycles. The largest absolute Gasteiger partial charge is 0.457 e. The van der Waals surface area contributed by atoms with E-state index in [2.05, 4.69) is 0 Å². The number of alkyl halides is 12. The molecule has 1 radical (unpaired) electrons. The predicted molar refractivity (Wildman–Crippen MR) is 94.3 cm³/mol. The average molecular weight is 592 g/mol. The molecular formula is C18H7F12IN. The molecule has 1 unspecified atom stereocenters. The Morgan fingerprint density at radius 2 is 1.25 bits per heavy atom. The number of halogens is 13. The third-order valence-corrected chi connectivity index (χ3v) is 5.23. The van der Waals surface area contributed by atoms with Crippen molar-refractivity contribution < 1.29 is 52.7 Å². The second-order valence-electron chi connectivity index (χ2n) is 6.53. The number of nitrogens with zero attached hydrogens (tertiary/aromatic N) is 1. The van der Waals surface area contributed by atoms with Gasteiger partial charge in [0.2, 0.25) is 0 Å². The van der Waals surface area contributed by atoms with Crippen LogP contribution in [0, 0.1) is 17.8 Å². The molecule has 0 saturated heterocycles. The SMILES string of the molecule is N#Cc1ccccc1C1(C(F)(C(F)(F)F)C(F)(F)F)C=C(I)[CH]C(C(F)(F)C(F)(F)F)=C1. The number of benzene rings is 1. The molecule has 1 aromatic rings. The number of rotatable bonds is 3. The van der Waals surface area contributed by atoms with E-state index >= 15 is 4.39 Å². The first kappa shape index (κ1) is 26.3. The van der Waals surface area contributed by atoms with E-state index in [0.29, 0.717) is 12.1 Å². The highest BCUT2D eigenvalue weighted by molar-refractivity contribution is 14.1. The number of allylic oxidation sites excluding steroid dienone is 4. The van der Waals surface area contributed by atoms with Gasteiger partial charge < -0.3 is 0 Å². The topological polar surface area (TPSA) is 23.8 Å². The van der Waals surface area contributed by atoms with Crippen LogP contribution >= 0.6 is 22.6 Å². The summed E-state index contributed by atoms with van der Waals surface area (Å²) in [7, 11) is 0. The number of hydrogen-bond acceptors (Lipinski definition) is 1. The number of nitriles is 1.